The van der Waals surface area contributed by atoms with Crippen molar-refractivity contribution in [3.8, 4) is 5.75 Å². The van der Waals surface area contributed by atoms with Gasteiger partial charge in [-0.15, -0.1) is 0 Å². The molecule has 0 N–H and O–H groups in total. The van der Waals surface area contributed by atoms with Crippen LogP contribution >= 0.6 is 0 Å². The molecule has 0 atom stereocenters. The first-order valence-electron chi connectivity index (χ1n) is 8.75. The molecule has 2 aliphatic rings. The summed E-state index contributed by atoms with van der Waals surface area (Å²) in [5.41, 5.74) is 4.03. The third kappa shape index (κ3) is 4.47. The van der Waals surface area contributed by atoms with E-state index in [1.54, 1.807) is 0 Å². The highest BCUT2D eigenvalue weighted by atomic mass is 16.5. The summed E-state index contributed by atoms with van der Waals surface area (Å²) < 4.78 is 11.4. The second-order valence-corrected chi connectivity index (χ2v) is 6.87. The summed E-state index contributed by atoms with van der Waals surface area (Å²) in [5, 5.41) is 0. The Morgan fingerprint density at radius 2 is 1.82 bits per heavy atom. The highest BCUT2D eigenvalue weighted by Crippen LogP contribution is 2.32. The van der Waals surface area contributed by atoms with Crippen molar-refractivity contribution >= 4 is 0 Å². The van der Waals surface area contributed by atoms with Crippen LogP contribution in [0.5, 0.6) is 5.75 Å². The summed E-state index contributed by atoms with van der Waals surface area (Å²) in [6, 6.07) is 4.63. The molecule has 0 aromatic heterocycles. The van der Waals surface area contributed by atoms with Crippen LogP contribution in [0.2, 0.25) is 0 Å². The van der Waals surface area contributed by atoms with Crippen LogP contribution < -0.4 is 4.74 Å². The number of benzene rings is 1. The molecule has 1 aliphatic heterocycles. The average molecular weight is 303 g/mol. The Bertz CT molecular complexity index is 467. The van der Waals surface area contributed by atoms with Gasteiger partial charge in [-0.2, -0.15) is 0 Å². The van der Waals surface area contributed by atoms with Crippen LogP contribution in [0.25, 0.3) is 0 Å². The van der Waals surface area contributed by atoms with E-state index in [9.17, 15) is 0 Å². The number of morpholine rings is 1. The highest BCUT2D eigenvalue weighted by Gasteiger charge is 2.22. The molecule has 22 heavy (non-hydrogen) atoms. The van der Waals surface area contributed by atoms with Crippen molar-refractivity contribution in [3.63, 3.8) is 0 Å². The maximum absolute atomic E-state index is 6.02. The van der Waals surface area contributed by atoms with Gasteiger partial charge in [0.15, 0.2) is 0 Å². The number of rotatable bonds is 7. The van der Waals surface area contributed by atoms with Gasteiger partial charge in [-0.1, -0.05) is 12.1 Å². The minimum atomic E-state index is 0.812. The molecule has 1 aliphatic carbocycles. The number of hydrogen-bond acceptors (Lipinski definition) is 3. The van der Waals surface area contributed by atoms with Crippen LogP contribution in [0, 0.1) is 19.8 Å². The van der Waals surface area contributed by atoms with E-state index in [0.29, 0.717) is 0 Å². The fourth-order valence-electron chi connectivity index (χ4n) is 3.23. The second-order valence-electron chi connectivity index (χ2n) is 6.87. The Balaban J connectivity index is 1.50. The van der Waals surface area contributed by atoms with Gasteiger partial charge in [-0.05, 0) is 68.7 Å². The molecule has 0 radical (unpaired) electrons. The highest BCUT2D eigenvalue weighted by molar-refractivity contribution is 5.43. The molecular weight excluding hydrogens is 274 g/mol. The molecule has 0 unspecified atom stereocenters. The summed E-state index contributed by atoms with van der Waals surface area (Å²) >= 11 is 0. The summed E-state index contributed by atoms with van der Waals surface area (Å²) in [6.45, 7) is 10.4. The van der Waals surface area contributed by atoms with Crippen molar-refractivity contribution in [3.05, 3.63) is 28.8 Å². The Labute approximate surface area is 134 Å². The van der Waals surface area contributed by atoms with E-state index in [4.69, 9.17) is 9.47 Å². The van der Waals surface area contributed by atoms with E-state index in [2.05, 4.69) is 30.9 Å². The lowest BCUT2D eigenvalue weighted by atomic mass is 10.0. The van der Waals surface area contributed by atoms with Crippen LogP contribution in [0.3, 0.4) is 0 Å². The van der Waals surface area contributed by atoms with Crippen molar-refractivity contribution < 1.29 is 9.47 Å². The molecule has 1 aromatic carbocycles. The van der Waals surface area contributed by atoms with Gasteiger partial charge in [0.1, 0.15) is 5.75 Å². The van der Waals surface area contributed by atoms with Gasteiger partial charge in [0.25, 0.3) is 0 Å². The van der Waals surface area contributed by atoms with Crippen molar-refractivity contribution in [2.24, 2.45) is 5.92 Å². The largest absolute Gasteiger partial charge is 0.493 e. The predicted molar refractivity (Wildman–Crippen MR) is 89.7 cm³/mol. The first kappa shape index (κ1) is 15.8. The van der Waals surface area contributed by atoms with E-state index in [0.717, 1.165) is 51.0 Å². The van der Waals surface area contributed by atoms with Crippen molar-refractivity contribution in [2.45, 2.75) is 39.5 Å². The standard InChI is InChI=1S/C19H29NO2/c1-15-12-18(4-3-7-20-8-10-21-11-9-20)13-16(2)19(15)22-14-17-5-6-17/h12-13,17H,3-11,14H2,1-2H3. The number of hydrogen-bond donors (Lipinski definition) is 0. The van der Waals surface area contributed by atoms with E-state index >= 15 is 0 Å². The van der Waals surface area contributed by atoms with E-state index in [1.165, 1.54) is 42.5 Å². The van der Waals surface area contributed by atoms with E-state index < -0.39 is 0 Å². The third-order valence-electron chi connectivity index (χ3n) is 4.72. The van der Waals surface area contributed by atoms with E-state index in [1.807, 2.05) is 0 Å². The summed E-state index contributed by atoms with van der Waals surface area (Å²) in [4.78, 5) is 2.51. The molecular formula is C19H29NO2. The Hall–Kier alpha value is -1.06. The lowest BCUT2D eigenvalue weighted by Gasteiger charge is -2.26. The number of aryl methyl sites for hydroxylation is 3. The normalized spacial score (nSPS) is 19.4. The van der Waals surface area contributed by atoms with Crippen LogP contribution in [0.1, 0.15) is 36.0 Å². The summed E-state index contributed by atoms with van der Waals surface area (Å²) in [6.07, 6.45) is 5.07. The molecule has 0 bridgehead atoms. The molecule has 3 rings (SSSR count). The summed E-state index contributed by atoms with van der Waals surface area (Å²) in [7, 11) is 0. The smallest absolute Gasteiger partial charge is 0.125 e. The van der Waals surface area contributed by atoms with Gasteiger partial charge in [0, 0.05) is 13.1 Å². The number of nitrogens with zero attached hydrogens (tertiary/aromatic N) is 1. The monoisotopic (exact) mass is 303 g/mol. The SMILES string of the molecule is Cc1cc(CCCN2CCOCC2)cc(C)c1OCC1CC1. The lowest BCUT2D eigenvalue weighted by Crippen LogP contribution is -2.36. The Morgan fingerprint density at radius 3 is 2.45 bits per heavy atom. The average Bonchev–Trinajstić information content (AvgIpc) is 3.32. The van der Waals surface area contributed by atoms with Gasteiger partial charge in [0.05, 0.1) is 19.8 Å². The molecule has 1 saturated heterocycles. The predicted octanol–water partition coefficient (Wildman–Crippen LogP) is 3.36. The fourth-order valence-corrected chi connectivity index (χ4v) is 3.23. The molecule has 1 aromatic rings. The zero-order valence-corrected chi connectivity index (χ0v) is 14.1. The third-order valence-corrected chi connectivity index (χ3v) is 4.72. The second kappa shape index (κ2) is 7.47. The van der Waals surface area contributed by atoms with Crippen molar-refractivity contribution in [1.82, 2.24) is 4.90 Å². The molecule has 3 heteroatoms. The maximum Gasteiger partial charge on any atom is 0.125 e. The molecule has 1 heterocycles. The van der Waals surface area contributed by atoms with E-state index in [-0.39, 0.29) is 0 Å². The van der Waals surface area contributed by atoms with Gasteiger partial charge in [-0.3, -0.25) is 4.90 Å². The van der Waals surface area contributed by atoms with Crippen LogP contribution in [0.15, 0.2) is 12.1 Å². The molecule has 122 valence electrons. The van der Waals surface area contributed by atoms with Gasteiger partial charge < -0.3 is 9.47 Å². The minimum absolute atomic E-state index is 0.812. The van der Waals surface area contributed by atoms with Gasteiger partial charge in [0.2, 0.25) is 0 Å². The lowest BCUT2D eigenvalue weighted by molar-refractivity contribution is 0.0374. The van der Waals surface area contributed by atoms with Crippen molar-refractivity contribution in [2.75, 3.05) is 39.5 Å². The first-order valence-corrected chi connectivity index (χ1v) is 8.75. The molecule has 0 spiro atoms. The first-order chi connectivity index (χ1) is 10.7. The molecule has 1 saturated carbocycles. The Kier molecular flexibility index (Phi) is 5.37. The maximum atomic E-state index is 6.02. The van der Waals surface area contributed by atoms with Crippen molar-refractivity contribution in [1.29, 1.82) is 0 Å². The zero-order chi connectivity index (χ0) is 15.4. The zero-order valence-electron chi connectivity index (χ0n) is 14.1. The fraction of sp³-hybridized carbons (Fsp3) is 0.684. The molecule has 2 fully saturated rings. The minimum Gasteiger partial charge on any atom is -0.493 e. The molecule has 3 nitrogen and oxygen atoms in total. The van der Waals surface area contributed by atoms with Gasteiger partial charge >= 0.3 is 0 Å². The number of ether oxygens (including phenoxy) is 2. The quantitative estimate of drug-likeness (QED) is 0.771. The van der Waals surface area contributed by atoms with Crippen LogP contribution in [-0.2, 0) is 11.2 Å². The summed E-state index contributed by atoms with van der Waals surface area (Å²) in [5.74, 6) is 1.93. The molecule has 0 amide bonds. The van der Waals surface area contributed by atoms with Crippen LogP contribution in [0.4, 0.5) is 0 Å². The topological polar surface area (TPSA) is 21.7 Å². The van der Waals surface area contributed by atoms with Gasteiger partial charge in [-0.25, -0.2) is 0 Å². The van der Waals surface area contributed by atoms with Crippen LogP contribution in [-0.4, -0.2) is 44.4 Å². The Morgan fingerprint density at radius 1 is 1.14 bits per heavy atom.